The molecule has 1 saturated heterocycles. The molecular formula is C36H42N2O5. The first-order valence-corrected chi connectivity index (χ1v) is 15.3. The second kappa shape index (κ2) is 12.2. The Kier molecular flexibility index (Phi) is 8.42. The molecule has 1 fully saturated rings. The average molecular weight is 583 g/mol. The van der Waals surface area contributed by atoms with E-state index in [9.17, 15) is 9.90 Å². The van der Waals surface area contributed by atoms with Gasteiger partial charge in [0.2, 0.25) is 0 Å². The summed E-state index contributed by atoms with van der Waals surface area (Å²) in [5, 5.41) is 16.5. The molecule has 2 aliphatic rings. The summed E-state index contributed by atoms with van der Waals surface area (Å²) in [5.74, 6) is -0.219. The molecule has 1 aliphatic heterocycles. The van der Waals surface area contributed by atoms with Gasteiger partial charge in [0, 0.05) is 23.0 Å². The SMILES string of the molecule is CC(C)(C)OC(=O)n1c2c(c3ccccc31)[C@@H]1C[C@@H](O)[C@@H](CCN1)C2(COCc1ccccc1)COCc1ccccc1. The van der Waals surface area contributed by atoms with Crippen LogP contribution in [0.25, 0.3) is 10.9 Å². The second-order valence-electron chi connectivity index (χ2n) is 12.9. The number of rotatable bonds is 8. The fourth-order valence-corrected chi connectivity index (χ4v) is 6.98. The monoisotopic (exact) mass is 582 g/mol. The number of aromatic nitrogens is 1. The summed E-state index contributed by atoms with van der Waals surface area (Å²) in [7, 11) is 0. The van der Waals surface area contributed by atoms with Crippen molar-refractivity contribution >= 4 is 17.0 Å². The Morgan fingerprint density at radius 2 is 1.49 bits per heavy atom. The van der Waals surface area contributed by atoms with Crippen LogP contribution >= 0.6 is 0 Å². The molecule has 0 saturated carbocycles. The summed E-state index contributed by atoms with van der Waals surface area (Å²) in [6.45, 7) is 7.77. The highest BCUT2D eigenvalue weighted by Crippen LogP contribution is 2.51. The lowest BCUT2D eigenvalue weighted by atomic mass is 9.69. The highest BCUT2D eigenvalue weighted by atomic mass is 16.6. The van der Waals surface area contributed by atoms with Gasteiger partial charge >= 0.3 is 6.09 Å². The van der Waals surface area contributed by atoms with E-state index in [0.717, 1.165) is 46.3 Å². The van der Waals surface area contributed by atoms with Gasteiger partial charge in [-0.3, -0.25) is 0 Å². The van der Waals surface area contributed by atoms with Crippen molar-refractivity contribution in [3.8, 4) is 0 Å². The fraction of sp³-hybridized carbons (Fsp3) is 0.417. The maximum Gasteiger partial charge on any atom is 0.419 e. The fourth-order valence-electron chi connectivity index (χ4n) is 6.98. The number of hydrogen-bond donors (Lipinski definition) is 2. The zero-order valence-corrected chi connectivity index (χ0v) is 25.3. The second-order valence-corrected chi connectivity index (χ2v) is 12.9. The standard InChI is InChI=1S/C36H42N2O5/c1-35(2,3)43-34(40)38-30-17-11-10-16-27(30)32-29-20-31(39)28(18-19-37-29)36(33(32)38,23-41-21-25-12-6-4-7-13-25)24-42-22-26-14-8-5-9-15-26/h4-17,28-29,31,37,39H,18-24H2,1-3H3/t28-,29+,31-/m1/s1. The summed E-state index contributed by atoms with van der Waals surface area (Å²) in [5.41, 5.74) is 3.24. The number of nitrogens with zero attached hydrogens (tertiary/aromatic N) is 1. The van der Waals surface area contributed by atoms with Crippen molar-refractivity contribution in [3.05, 3.63) is 107 Å². The Labute approximate surface area is 253 Å². The van der Waals surface area contributed by atoms with Gasteiger partial charge in [0.05, 0.1) is 43.5 Å². The molecule has 1 aromatic heterocycles. The van der Waals surface area contributed by atoms with Gasteiger partial charge < -0.3 is 24.6 Å². The summed E-state index contributed by atoms with van der Waals surface area (Å²) >= 11 is 0. The zero-order chi connectivity index (χ0) is 30.0. The van der Waals surface area contributed by atoms with Crippen molar-refractivity contribution < 1.29 is 24.1 Å². The molecule has 2 N–H and O–H groups in total. The number of carbonyl (C=O) groups excluding carboxylic acids is 1. The van der Waals surface area contributed by atoms with Gasteiger partial charge in [0.25, 0.3) is 0 Å². The predicted octanol–water partition coefficient (Wildman–Crippen LogP) is 6.51. The van der Waals surface area contributed by atoms with Gasteiger partial charge in [-0.05, 0) is 62.9 Å². The minimum Gasteiger partial charge on any atom is -0.443 e. The smallest absolute Gasteiger partial charge is 0.419 e. The van der Waals surface area contributed by atoms with Crippen molar-refractivity contribution in [2.45, 2.75) is 70.0 Å². The molecule has 0 unspecified atom stereocenters. The summed E-state index contributed by atoms with van der Waals surface area (Å²) in [6.07, 6.45) is 0.212. The Morgan fingerprint density at radius 1 is 0.907 bits per heavy atom. The molecule has 3 aromatic carbocycles. The van der Waals surface area contributed by atoms with Crippen molar-refractivity contribution in [3.63, 3.8) is 0 Å². The van der Waals surface area contributed by atoms with Crippen LogP contribution in [0, 0.1) is 5.92 Å². The molecular weight excluding hydrogens is 540 g/mol. The first kappa shape index (κ1) is 29.6. The largest absolute Gasteiger partial charge is 0.443 e. The van der Waals surface area contributed by atoms with Crippen LogP contribution in [0.1, 0.15) is 62.0 Å². The van der Waals surface area contributed by atoms with E-state index in [4.69, 9.17) is 14.2 Å². The van der Waals surface area contributed by atoms with Gasteiger partial charge in [-0.15, -0.1) is 0 Å². The van der Waals surface area contributed by atoms with Crippen LogP contribution in [-0.4, -0.2) is 47.2 Å². The highest BCUT2D eigenvalue weighted by molar-refractivity contribution is 5.95. The van der Waals surface area contributed by atoms with Crippen molar-refractivity contribution in [1.82, 2.24) is 9.88 Å². The van der Waals surface area contributed by atoms with Gasteiger partial charge in [0.1, 0.15) is 5.60 Å². The molecule has 0 spiro atoms. The topological polar surface area (TPSA) is 82.0 Å². The van der Waals surface area contributed by atoms with Crippen LogP contribution in [-0.2, 0) is 32.8 Å². The Morgan fingerprint density at radius 3 is 2.09 bits per heavy atom. The number of aliphatic hydroxyl groups excluding tert-OH is 1. The molecule has 0 radical (unpaired) electrons. The molecule has 7 heteroatoms. The first-order valence-electron chi connectivity index (χ1n) is 15.3. The summed E-state index contributed by atoms with van der Waals surface area (Å²) in [6, 6.07) is 28.1. The molecule has 1 aliphatic carbocycles. The van der Waals surface area contributed by atoms with Crippen LogP contribution in [0.3, 0.4) is 0 Å². The van der Waals surface area contributed by atoms with E-state index in [-0.39, 0.29) is 25.2 Å². The molecule has 43 heavy (non-hydrogen) atoms. The molecule has 0 amide bonds. The van der Waals surface area contributed by atoms with E-state index < -0.39 is 23.2 Å². The molecule has 3 atom stereocenters. The number of ether oxygens (including phenoxy) is 3. The maximum absolute atomic E-state index is 14.2. The van der Waals surface area contributed by atoms with Gasteiger partial charge in [-0.1, -0.05) is 78.9 Å². The number of para-hydroxylation sites is 1. The molecule has 2 bridgehead atoms. The van der Waals surface area contributed by atoms with Gasteiger partial charge in [-0.2, -0.15) is 0 Å². The molecule has 226 valence electrons. The minimum absolute atomic E-state index is 0.131. The predicted molar refractivity (Wildman–Crippen MR) is 167 cm³/mol. The van der Waals surface area contributed by atoms with Gasteiger partial charge in [0.15, 0.2) is 0 Å². The van der Waals surface area contributed by atoms with Crippen LogP contribution in [0.2, 0.25) is 0 Å². The van der Waals surface area contributed by atoms with Crippen LogP contribution in [0.4, 0.5) is 4.79 Å². The Balaban J connectivity index is 1.53. The zero-order valence-electron chi connectivity index (χ0n) is 25.3. The van der Waals surface area contributed by atoms with Crippen LogP contribution in [0.15, 0.2) is 84.9 Å². The van der Waals surface area contributed by atoms with E-state index in [0.29, 0.717) is 19.6 Å². The van der Waals surface area contributed by atoms with E-state index >= 15 is 0 Å². The first-order chi connectivity index (χ1) is 20.8. The van der Waals surface area contributed by atoms with Crippen molar-refractivity contribution in [1.29, 1.82) is 0 Å². The van der Waals surface area contributed by atoms with Crippen molar-refractivity contribution in [2.75, 3.05) is 19.8 Å². The van der Waals surface area contributed by atoms with E-state index in [1.54, 1.807) is 4.57 Å². The maximum atomic E-state index is 14.2. The molecule has 7 nitrogen and oxygen atoms in total. The average Bonchev–Trinajstić information content (AvgIpc) is 3.16. The Bertz CT molecular complexity index is 1500. The number of carbonyl (C=O) groups is 1. The molecule has 2 heterocycles. The summed E-state index contributed by atoms with van der Waals surface area (Å²) < 4.78 is 20.9. The third kappa shape index (κ3) is 6.00. The lowest BCUT2D eigenvalue weighted by Gasteiger charge is -2.43. The Hall–Kier alpha value is -3.49. The van der Waals surface area contributed by atoms with Crippen LogP contribution < -0.4 is 5.32 Å². The quantitative estimate of drug-likeness (QED) is 0.247. The number of fused-ring (bicyclic) bond motifs is 7. The van der Waals surface area contributed by atoms with E-state index in [2.05, 4.69) is 11.4 Å². The number of benzene rings is 3. The van der Waals surface area contributed by atoms with Crippen LogP contribution in [0.5, 0.6) is 0 Å². The normalized spacial score (nSPS) is 21.3. The van der Waals surface area contributed by atoms with Gasteiger partial charge in [-0.25, -0.2) is 9.36 Å². The third-order valence-corrected chi connectivity index (χ3v) is 8.75. The highest BCUT2D eigenvalue weighted by Gasteiger charge is 2.54. The number of nitrogens with one attached hydrogen (secondary N) is 1. The lowest BCUT2D eigenvalue weighted by Crippen LogP contribution is -2.51. The molecule has 4 aromatic rings. The molecule has 6 rings (SSSR count). The minimum atomic E-state index is -0.828. The third-order valence-electron chi connectivity index (χ3n) is 8.75. The van der Waals surface area contributed by atoms with Crippen molar-refractivity contribution in [2.24, 2.45) is 5.92 Å². The number of aliphatic hydroxyl groups is 1. The lowest BCUT2D eigenvalue weighted by molar-refractivity contribution is -0.0544. The summed E-state index contributed by atoms with van der Waals surface area (Å²) in [4.78, 5) is 14.2. The van der Waals surface area contributed by atoms with E-state index in [1.165, 1.54) is 0 Å². The van der Waals surface area contributed by atoms with E-state index in [1.807, 2.05) is 99.6 Å². The number of hydrogen-bond acceptors (Lipinski definition) is 6.